The van der Waals surface area contributed by atoms with Crippen molar-refractivity contribution in [3.63, 3.8) is 0 Å². The van der Waals surface area contributed by atoms with Crippen LogP contribution < -0.4 is 9.47 Å². The van der Waals surface area contributed by atoms with E-state index in [1.165, 1.54) is 36.0 Å². The van der Waals surface area contributed by atoms with E-state index in [1.54, 1.807) is 14.2 Å². The van der Waals surface area contributed by atoms with Gasteiger partial charge >= 0.3 is 0 Å². The van der Waals surface area contributed by atoms with Gasteiger partial charge in [-0.3, -0.25) is 4.90 Å². The molecule has 1 aliphatic heterocycles. The topological polar surface area (TPSA) is 21.7 Å². The number of fused-ring (bicyclic) bond motifs is 1. The Labute approximate surface area is 142 Å². The average molecular weight is 319 g/mol. The van der Waals surface area contributed by atoms with Crippen molar-refractivity contribution < 1.29 is 9.47 Å². The molecule has 3 nitrogen and oxygen atoms in total. The molecule has 1 heterocycles. The Bertz CT molecular complexity index is 525. The molecule has 0 saturated heterocycles. The van der Waals surface area contributed by atoms with Gasteiger partial charge in [0.15, 0.2) is 0 Å². The molecule has 0 radical (unpaired) electrons. The number of benzene rings is 1. The van der Waals surface area contributed by atoms with Crippen LogP contribution in [-0.2, 0) is 13.0 Å². The molecule has 1 aromatic rings. The lowest BCUT2D eigenvalue weighted by Crippen LogP contribution is -2.39. The standard InChI is InChI=1S/C20H33NO2/c1-7-9-16(8-2)21-11-10-15-12-18(22-5)19(14(3)4)20(23-6)17(15)13-21/h12,14,16H,7-11,13H2,1-6H3. The first-order valence-electron chi connectivity index (χ1n) is 9.07. The second kappa shape index (κ2) is 8.05. The maximum absolute atomic E-state index is 5.86. The first kappa shape index (κ1) is 18.1. The average Bonchev–Trinajstić information content (AvgIpc) is 2.57. The van der Waals surface area contributed by atoms with Gasteiger partial charge < -0.3 is 9.47 Å². The van der Waals surface area contributed by atoms with Crippen LogP contribution in [0.15, 0.2) is 6.07 Å². The molecule has 0 amide bonds. The highest BCUT2D eigenvalue weighted by Crippen LogP contribution is 2.42. The first-order valence-corrected chi connectivity index (χ1v) is 9.07. The van der Waals surface area contributed by atoms with Gasteiger partial charge in [-0.15, -0.1) is 0 Å². The van der Waals surface area contributed by atoms with Gasteiger partial charge in [0.1, 0.15) is 11.5 Å². The second-order valence-electron chi connectivity index (χ2n) is 6.89. The van der Waals surface area contributed by atoms with E-state index in [9.17, 15) is 0 Å². The predicted molar refractivity (Wildman–Crippen MR) is 96.7 cm³/mol. The summed E-state index contributed by atoms with van der Waals surface area (Å²) in [5, 5.41) is 0. The Kier molecular flexibility index (Phi) is 6.34. The van der Waals surface area contributed by atoms with Crippen LogP contribution in [0, 0.1) is 0 Å². The summed E-state index contributed by atoms with van der Waals surface area (Å²) in [6, 6.07) is 2.92. The molecule has 1 aliphatic rings. The van der Waals surface area contributed by atoms with Crippen molar-refractivity contribution in [1.29, 1.82) is 0 Å². The van der Waals surface area contributed by atoms with Crippen LogP contribution in [0.1, 0.15) is 69.6 Å². The van der Waals surface area contributed by atoms with Gasteiger partial charge in [0.2, 0.25) is 0 Å². The molecule has 1 aromatic carbocycles. The third-order valence-corrected chi connectivity index (χ3v) is 5.12. The summed E-state index contributed by atoms with van der Waals surface area (Å²) in [6.07, 6.45) is 4.83. The summed E-state index contributed by atoms with van der Waals surface area (Å²) in [7, 11) is 3.56. The number of ether oxygens (including phenoxy) is 2. The molecular weight excluding hydrogens is 286 g/mol. The van der Waals surface area contributed by atoms with Crippen LogP contribution in [0.2, 0.25) is 0 Å². The van der Waals surface area contributed by atoms with E-state index in [2.05, 4.69) is 38.7 Å². The van der Waals surface area contributed by atoms with Crippen molar-refractivity contribution in [2.75, 3.05) is 20.8 Å². The van der Waals surface area contributed by atoms with Crippen molar-refractivity contribution in [1.82, 2.24) is 4.90 Å². The zero-order valence-corrected chi connectivity index (χ0v) is 15.7. The van der Waals surface area contributed by atoms with Gasteiger partial charge in [-0.1, -0.05) is 34.1 Å². The van der Waals surface area contributed by atoms with Gasteiger partial charge in [0.05, 0.1) is 14.2 Å². The lowest BCUT2D eigenvalue weighted by atomic mass is 9.89. The van der Waals surface area contributed by atoms with Crippen LogP contribution in [0.3, 0.4) is 0 Å². The van der Waals surface area contributed by atoms with Crippen LogP contribution >= 0.6 is 0 Å². The highest BCUT2D eigenvalue weighted by atomic mass is 16.5. The first-order chi connectivity index (χ1) is 11.1. The van der Waals surface area contributed by atoms with Gasteiger partial charge in [0, 0.05) is 30.3 Å². The Morgan fingerprint density at radius 3 is 2.43 bits per heavy atom. The van der Waals surface area contributed by atoms with E-state index < -0.39 is 0 Å². The maximum atomic E-state index is 5.86. The molecule has 0 spiro atoms. The molecule has 2 rings (SSSR count). The zero-order valence-electron chi connectivity index (χ0n) is 15.7. The summed E-state index contributed by atoms with van der Waals surface area (Å²) in [5.74, 6) is 2.41. The van der Waals surface area contributed by atoms with Gasteiger partial charge in [-0.25, -0.2) is 0 Å². The molecule has 130 valence electrons. The molecule has 23 heavy (non-hydrogen) atoms. The fourth-order valence-corrected chi connectivity index (χ4v) is 3.92. The Balaban J connectivity index is 2.43. The molecule has 0 aromatic heterocycles. The number of hydrogen-bond acceptors (Lipinski definition) is 3. The molecule has 3 heteroatoms. The third-order valence-electron chi connectivity index (χ3n) is 5.12. The van der Waals surface area contributed by atoms with E-state index in [-0.39, 0.29) is 0 Å². The molecule has 0 N–H and O–H groups in total. The van der Waals surface area contributed by atoms with Gasteiger partial charge in [-0.05, 0) is 36.8 Å². The Morgan fingerprint density at radius 1 is 1.17 bits per heavy atom. The van der Waals surface area contributed by atoms with Crippen LogP contribution in [0.25, 0.3) is 0 Å². The number of nitrogens with zero attached hydrogens (tertiary/aromatic N) is 1. The number of rotatable bonds is 7. The van der Waals surface area contributed by atoms with Crippen molar-refractivity contribution in [2.45, 2.75) is 71.9 Å². The third kappa shape index (κ3) is 3.65. The highest BCUT2D eigenvalue weighted by molar-refractivity contribution is 5.56. The molecule has 1 atom stereocenters. The second-order valence-corrected chi connectivity index (χ2v) is 6.89. The summed E-state index contributed by atoms with van der Waals surface area (Å²) < 4.78 is 11.5. The summed E-state index contributed by atoms with van der Waals surface area (Å²) >= 11 is 0. The minimum atomic E-state index is 0.387. The van der Waals surface area contributed by atoms with Crippen LogP contribution in [0.4, 0.5) is 0 Å². The largest absolute Gasteiger partial charge is 0.496 e. The molecule has 1 unspecified atom stereocenters. The lowest BCUT2D eigenvalue weighted by Gasteiger charge is -2.36. The van der Waals surface area contributed by atoms with Crippen LogP contribution in [-0.4, -0.2) is 31.7 Å². The Morgan fingerprint density at radius 2 is 1.91 bits per heavy atom. The predicted octanol–water partition coefficient (Wildman–Crippen LogP) is 4.76. The SMILES string of the molecule is CCCC(CC)N1CCc2cc(OC)c(C(C)C)c(OC)c2C1. The smallest absolute Gasteiger partial charge is 0.130 e. The molecule has 0 aliphatic carbocycles. The van der Waals surface area contributed by atoms with E-state index in [4.69, 9.17) is 9.47 Å². The number of methoxy groups -OCH3 is 2. The van der Waals surface area contributed by atoms with E-state index in [0.29, 0.717) is 12.0 Å². The van der Waals surface area contributed by atoms with Crippen LogP contribution in [0.5, 0.6) is 11.5 Å². The van der Waals surface area contributed by atoms with E-state index in [1.807, 2.05) is 0 Å². The summed E-state index contributed by atoms with van der Waals surface area (Å²) in [5.41, 5.74) is 3.97. The number of hydrogen-bond donors (Lipinski definition) is 0. The molecule has 0 saturated carbocycles. The molecular formula is C20H33NO2. The minimum Gasteiger partial charge on any atom is -0.496 e. The Hall–Kier alpha value is -1.22. The highest BCUT2D eigenvalue weighted by Gasteiger charge is 2.28. The van der Waals surface area contributed by atoms with Crippen molar-refractivity contribution in [3.8, 4) is 11.5 Å². The van der Waals surface area contributed by atoms with E-state index in [0.717, 1.165) is 31.0 Å². The summed E-state index contributed by atoms with van der Waals surface area (Å²) in [6.45, 7) is 11.1. The minimum absolute atomic E-state index is 0.387. The van der Waals surface area contributed by atoms with Gasteiger partial charge in [-0.2, -0.15) is 0 Å². The fraction of sp³-hybridized carbons (Fsp3) is 0.700. The lowest BCUT2D eigenvalue weighted by molar-refractivity contribution is 0.161. The maximum Gasteiger partial charge on any atom is 0.130 e. The molecule has 0 bridgehead atoms. The summed E-state index contributed by atoms with van der Waals surface area (Å²) in [4.78, 5) is 2.64. The normalized spacial score (nSPS) is 16.3. The van der Waals surface area contributed by atoms with Crippen molar-refractivity contribution in [3.05, 3.63) is 22.8 Å². The molecule has 0 fully saturated rings. The van der Waals surface area contributed by atoms with Crippen molar-refractivity contribution in [2.24, 2.45) is 0 Å². The monoisotopic (exact) mass is 319 g/mol. The van der Waals surface area contributed by atoms with E-state index >= 15 is 0 Å². The quantitative estimate of drug-likeness (QED) is 0.723. The fourth-order valence-electron chi connectivity index (χ4n) is 3.92. The van der Waals surface area contributed by atoms with Gasteiger partial charge in [0.25, 0.3) is 0 Å². The zero-order chi connectivity index (χ0) is 17.0. The van der Waals surface area contributed by atoms with Crippen molar-refractivity contribution >= 4 is 0 Å².